The summed E-state index contributed by atoms with van der Waals surface area (Å²) in [6.45, 7) is 7.19. The molecule has 0 aromatic rings. The third-order valence-corrected chi connectivity index (χ3v) is 4.86. The van der Waals surface area contributed by atoms with E-state index in [0.29, 0.717) is 19.6 Å². The fraction of sp³-hybridized carbons (Fsp3) is 0.917. The van der Waals surface area contributed by atoms with Crippen molar-refractivity contribution in [2.75, 3.05) is 33.3 Å². The van der Waals surface area contributed by atoms with Crippen molar-refractivity contribution in [2.45, 2.75) is 40.0 Å². The largest absolute Gasteiger partial charge is 0.469 e. The van der Waals surface area contributed by atoms with Crippen LogP contribution in [-0.4, -0.2) is 56.3 Å². The molecule has 0 aliphatic carbocycles. The van der Waals surface area contributed by atoms with Crippen LogP contribution in [0.5, 0.6) is 0 Å². The Kier molecular flexibility index (Phi) is 8.95. The summed E-state index contributed by atoms with van der Waals surface area (Å²) in [5.74, 6) is -0.397. The Balaban J connectivity index is 4.82. The first-order chi connectivity index (χ1) is 8.93. The van der Waals surface area contributed by atoms with Crippen LogP contribution in [0.15, 0.2) is 0 Å². The average Bonchev–Trinajstić information content (AvgIpc) is 2.38. The first kappa shape index (κ1) is 18.3. The number of carbonyl (C=O) groups is 1. The predicted molar refractivity (Wildman–Crippen MR) is 75.0 cm³/mol. The van der Waals surface area contributed by atoms with Crippen molar-refractivity contribution in [3.05, 3.63) is 0 Å². The molecule has 7 heteroatoms. The van der Waals surface area contributed by atoms with Crippen LogP contribution in [0.25, 0.3) is 0 Å². The van der Waals surface area contributed by atoms with Crippen molar-refractivity contribution in [3.63, 3.8) is 0 Å². The lowest BCUT2D eigenvalue weighted by molar-refractivity contribution is -0.140. The minimum atomic E-state index is -3.48. The summed E-state index contributed by atoms with van der Waals surface area (Å²) in [4.78, 5) is 11.1. The SMILES string of the molecule is CCCN(CCC)S(=O)(=O)N(CC)CCC(=O)OC. The molecule has 114 valence electrons. The Morgan fingerprint density at radius 1 is 1.00 bits per heavy atom. The van der Waals surface area contributed by atoms with Gasteiger partial charge in [-0.15, -0.1) is 0 Å². The molecular formula is C12H26N2O4S. The van der Waals surface area contributed by atoms with E-state index < -0.39 is 16.2 Å². The molecule has 0 rings (SSSR count). The molecule has 6 nitrogen and oxygen atoms in total. The molecule has 0 amide bonds. The van der Waals surface area contributed by atoms with Gasteiger partial charge in [-0.1, -0.05) is 20.8 Å². The minimum absolute atomic E-state index is 0.0790. The maximum absolute atomic E-state index is 12.4. The fourth-order valence-electron chi connectivity index (χ4n) is 1.76. The third kappa shape index (κ3) is 5.88. The normalized spacial score (nSPS) is 12.1. The van der Waals surface area contributed by atoms with E-state index in [0.717, 1.165) is 12.8 Å². The monoisotopic (exact) mass is 294 g/mol. The quantitative estimate of drug-likeness (QED) is 0.569. The Morgan fingerprint density at radius 3 is 1.89 bits per heavy atom. The van der Waals surface area contributed by atoms with Crippen molar-refractivity contribution in [1.82, 2.24) is 8.61 Å². The Hall–Kier alpha value is -0.660. The molecular weight excluding hydrogens is 268 g/mol. The molecule has 0 aliphatic rings. The first-order valence-corrected chi connectivity index (χ1v) is 8.15. The second-order valence-corrected chi connectivity index (χ2v) is 6.15. The number of nitrogens with zero attached hydrogens (tertiary/aromatic N) is 2. The summed E-state index contributed by atoms with van der Waals surface area (Å²) >= 11 is 0. The number of esters is 1. The van der Waals surface area contributed by atoms with E-state index in [-0.39, 0.29) is 13.0 Å². The highest BCUT2D eigenvalue weighted by atomic mass is 32.2. The van der Waals surface area contributed by atoms with Crippen LogP contribution in [0.1, 0.15) is 40.0 Å². The van der Waals surface area contributed by atoms with Gasteiger partial charge in [-0.05, 0) is 12.8 Å². The zero-order valence-corrected chi connectivity index (χ0v) is 13.2. The van der Waals surface area contributed by atoms with Gasteiger partial charge in [-0.25, -0.2) is 0 Å². The summed E-state index contributed by atoms with van der Waals surface area (Å²) in [6.07, 6.45) is 1.62. The molecule has 0 heterocycles. The standard InChI is InChI=1S/C12H26N2O4S/c1-5-9-14(10-6-2)19(16,17)13(7-3)11-8-12(15)18-4/h5-11H2,1-4H3. The molecule has 0 unspecified atom stereocenters. The third-order valence-electron chi connectivity index (χ3n) is 2.74. The van der Waals surface area contributed by atoms with Gasteiger partial charge >= 0.3 is 5.97 Å². The lowest BCUT2D eigenvalue weighted by Gasteiger charge is -2.28. The van der Waals surface area contributed by atoms with Crippen LogP contribution in [0, 0.1) is 0 Å². The Labute approximate surface area is 116 Å². The van der Waals surface area contributed by atoms with E-state index in [1.807, 2.05) is 13.8 Å². The fourth-order valence-corrected chi connectivity index (χ4v) is 3.56. The van der Waals surface area contributed by atoms with E-state index in [2.05, 4.69) is 4.74 Å². The van der Waals surface area contributed by atoms with Gasteiger partial charge in [0.1, 0.15) is 0 Å². The summed E-state index contributed by atoms with van der Waals surface area (Å²) in [5, 5.41) is 0. The lowest BCUT2D eigenvalue weighted by Crippen LogP contribution is -2.45. The molecule has 0 spiro atoms. The van der Waals surface area contributed by atoms with Crippen LogP contribution in [0.3, 0.4) is 0 Å². The van der Waals surface area contributed by atoms with Crippen LogP contribution in [0.4, 0.5) is 0 Å². The molecule has 0 aliphatic heterocycles. The second-order valence-electron chi connectivity index (χ2n) is 4.22. The number of hydrogen-bond donors (Lipinski definition) is 0. The molecule has 0 N–H and O–H groups in total. The molecule has 0 atom stereocenters. The van der Waals surface area contributed by atoms with Crippen molar-refractivity contribution in [3.8, 4) is 0 Å². The molecule has 0 aromatic carbocycles. The molecule has 19 heavy (non-hydrogen) atoms. The van der Waals surface area contributed by atoms with E-state index >= 15 is 0 Å². The Morgan fingerprint density at radius 2 is 1.53 bits per heavy atom. The van der Waals surface area contributed by atoms with Crippen molar-refractivity contribution in [1.29, 1.82) is 0 Å². The van der Waals surface area contributed by atoms with Crippen molar-refractivity contribution >= 4 is 16.2 Å². The highest BCUT2D eigenvalue weighted by Gasteiger charge is 2.27. The van der Waals surface area contributed by atoms with E-state index in [1.165, 1.54) is 15.7 Å². The highest BCUT2D eigenvalue weighted by molar-refractivity contribution is 7.86. The maximum Gasteiger partial charge on any atom is 0.306 e. The van der Waals surface area contributed by atoms with Gasteiger partial charge in [0, 0.05) is 26.2 Å². The van der Waals surface area contributed by atoms with Crippen molar-refractivity contribution < 1.29 is 17.9 Å². The Bertz CT molecular complexity index is 351. The predicted octanol–water partition coefficient (Wildman–Crippen LogP) is 1.24. The van der Waals surface area contributed by atoms with Crippen LogP contribution in [0.2, 0.25) is 0 Å². The van der Waals surface area contributed by atoms with Crippen LogP contribution in [-0.2, 0) is 19.7 Å². The number of carbonyl (C=O) groups excluding carboxylic acids is 1. The number of rotatable bonds is 10. The zero-order chi connectivity index (χ0) is 14.9. The van der Waals surface area contributed by atoms with E-state index in [9.17, 15) is 13.2 Å². The zero-order valence-electron chi connectivity index (χ0n) is 12.4. The summed E-state index contributed by atoms with van der Waals surface area (Å²) in [5.41, 5.74) is 0. The number of methoxy groups -OCH3 is 1. The second kappa shape index (κ2) is 9.28. The van der Waals surface area contributed by atoms with E-state index in [4.69, 9.17) is 0 Å². The molecule has 0 fully saturated rings. The van der Waals surface area contributed by atoms with Gasteiger partial charge in [0.2, 0.25) is 0 Å². The molecule has 0 saturated heterocycles. The van der Waals surface area contributed by atoms with Crippen LogP contribution >= 0.6 is 0 Å². The van der Waals surface area contributed by atoms with Crippen molar-refractivity contribution in [2.24, 2.45) is 0 Å². The summed E-state index contributed by atoms with van der Waals surface area (Å²) in [7, 11) is -2.18. The smallest absolute Gasteiger partial charge is 0.306 e. The van der Waals surface area contributed by atoms with Gasteiger partial charge < -0.3 is 4.74 Å². The van der Waals surface area contributed by atoms with Gasteiger partial charge in [0.25, 0.3) is 10.2 Å². The van der Waals surface area contributed by atoms with Gasteiger partial charge in [0.05, 0.1) is 13.5 Å². The molecule has 0 aromatic heterocycles. The summed E-state index contributed by atoms with van der Waals surface area (Å²) in [6, 6.07) is 0. The molecule has 0 radical (unpaired) electrons. The lowest BCUT2D eigenvalue weighted by atomic mass is 10.4. The average molecular weight is 294 g/mol. The first-order valence-electron chi connectivity index (χ1n) is 6.75. The van der Waals surface area contributed by atoms with Gasteiger partial charge in [0.15, 0.2) is 0 Å². The maximum atomic E-state index is 12.4. The van der Waals surface area contributed by atoms with Gasteiger partial charge in [-0.3, -0.25) is 4.79 Å². The van der Waals surface area contributed by atoms with Crippen LogP contribution < -0.4 is 0 Å². The summed E-state index contributed by atoms with van der Waals surface area (Å²) < 4.78 is 32.2. The van der Waals surface area contributed by atoms with Gasteiger partial charge in [-0.2, -0.15) is 17.0 Å². The number of hydrogen-bond acceptors (Lipinski definition) is 4. The molecule has 0 bridgehead atoms. The molecule has 0 saturated carbocycles. The highest BCUT2D eigenvalue weighted by Crippen LogP contribution is 2.11. The topological polar surface area (TPSA) is 66.9 Å². The van der Waals surface area contributed by atoms with E-state index in [1.54, 1.807) is 6.92 Å². The number of ether oxygens (including phenoxy) is 1. The minimum Gasteiger partial charge on any atom is -0.469 e.